The zero-order valence-electron chi connectivity index (χ0n) is 14.7. The maximum absolute atomic E-state index is 12.4. The molecule has 1 aromatic carbocycles. The zero-order chi connectivity index (χ0) is 18.5. The van der Waals surface area contributed by atoms with Gasteiger partial charge >= 0.3 is 0 Å². The quantitative estimate of drug-likeness (QED) is 0.568. The number of imide groups is 1. The lowest BCUT2D eigenvalue weighted by atomic mass is 9.87. The largest absolute Gasteiger partial charge is 0.296 e. The number of benzene rings is 1. The smallest absolute Gasteiger partial charge is 0.230 e. The van der Waals surface area contributed by atoms with Gasteiger partial charge in [0.05, 0.1) is 17.4 Å². The van der Waals surface area contributed by atoms with Crippen molar-refractivity contribution in [3.05, 3.63) is 48.0 Å². The van der Waals surface area contributed by atoms with E-state index in [1.807, 2.05) is 44.2 Å². The van der Waals surface area contributed by atoms with Gasteiger partial charge in [-0.2, -0.15) is 0 Å². The molecule has 1 atom stereocenters. The number of hydrogen-bond acceptors (Lipinski definition) is 4. The Hall–Kier alpha value is -1.95. The second-order valence-corrected chi connectivity index (χ2v) is 9.34. The van der Waals surface area contributed by atoms with Gasteiger partial charge in [-0.25, -0.2) is 8.42 Å². The molecule has 0 bridgehead atoms. The lowest BCUT2D eigenvalue weighted by Gasteiger charge is -2.24. The van der Waals surface area contributed by atoms with Crippen molar-refractivity contribution in [2.24, 2.45) is 5.92 Å². The molecule has 5 nitrogen and oxygen atoms in total. The van der Waals surface area contributed by atoms with E-state index in [4.69, 9.17) is 0 Å². The van der Waals surface area contributed by atoms with Crippen LogP contribution in [-0.2, 0) is 24.8 Å². The molecule has 0 radical (unpaired) electrons. The number of amides is 2. The molecule has 1 N–H and O–H groups in total. The number of carbonyl (C=O) groups is 2. The molecule has 1 aliphatic heterocycles. The van der Waals surface area contributed by atoms with Crippen molar-refractivity contribution in [2.45, 2.75) is 38.5 Å². The van der Waals surface area contributed by atoms with Crippen LogP contribution in [0.3, 0.4) is 0 Å². The summed E-state index contributed by atoms with van der Waals surface area (Å²) in [5, 5.41) is 2.27. The second-order valence-electron chi connectivity index (χ2n) is 7.15. The third-order valence-corrected chi connectivity index (χ3v) is 6.40. The van der Waals surface area contributed by atoms with Gasteiger partial charge in [0, 0.05) is 11.8 Å². The highest BCUT2D eigenvalue weighted by molar-refractivity contribution is 7.91. The first kappa shape index (κ1) is 19.4. The van der Waals surface area contributed by atoms with E-state index in [1.54, 1.807) is 12.2 Å². The first-order chi connectivity index (χ1) is 11.7. The topological polar surface area (TPSA) is 80.3 Å². The minimum Gasteiger partial charge on any atom is -0.296 e. The Kier molecular flexibility index (Phi) is 6.16. The van der Waals surface area contributed by atoms with Gasteiger partial charge in [-0.3, -0.25) is 14.9 Å². The van der Waals surface area contributed by atoms with Gasteiger partial charge in [-0.1, -0.05) is 56.3 Å². The predicted octanol–water partition coefficient (Wildman–Crippen LogP) is 2.38. The molecule has 1 saturated heterocycles. The van der Waals surface area contributed by atoms with Crippen molar-refractivity contribution in [3.63, 3.8) is 0 Å². The monoisotopic (exact) mass is 363 g/mol. The number of nitrogens with one attached hydrogen (secondary N) is 1. The molecule has 0 aromatic heterocycles. The standard InChI is InChI=1S/C19H25NO4S/c1-19(2,16-10-6-3-7-11-16)14-25(23,24)12-8-4-5-9-15-13-17(21)20-18(15)22/h3-7,10-11,15H,8-9,12-14H2,1-2H3,(H,20,21,22)/b5-4-. The van der Waals surface area contributed by atoms with Crippen LogP contribution in [-0.4, -0.2) is 31.7 Å². The average Bonchev–Trinajstić information content (AvgIpc) is 2.84. The third-order valence-electron chi connectivity index (χ3n) is 4.38. The Balaban J connectivity index is 1.82. The predicted molar refractivity (Wildman–Crippen MR) is 97.8 cm³/mol. The number of allylic oxidation sites excluding steroid dienone is 2. The van der Waals surface area contributed by atoms with Gasteiger partial charge in [0.2, 0.25) is 11.8 Å². The summed E-state index contributed by atoms with van der Waals surface area (Å²) < 4.78 is 24.8. The van der Waals surface area contributed by atoms with Gasteiger partial charge in [-0.05, 0) is 18.4 Å². The van der Waals surface area contributed by atoms with Gasteiger partial charge in [0.1, 0.15) is 0 Å². The van der Waals surface area contributed by atoms with E-state index in [1.165, 1.54) is 0 Å². The zero-order valence-corrected chi connectivity index (χ0v) is 15.5. The van der Waals surface area contributed by atoms with Gasteiger partial charge in [0.25, 0.3) is 0 Å². The number of sulfone groups is 1. The van der Waals surface area contributed by atoms with Crippen LogP contribution in [0.15, 0.2) is 42.5 Å². The molecule has 25 heavy (non-hydrogen) atoms. The fourth-order valence-corrected chi connectivity index (χ4v) is 4.92. The summed E-state index contributed by atoms with van der Waals surface area (Å²) in [5.41, 5.74) is 0.567. The molecule has 0 saturated carbocycles. The van der Waals surface area contributed by atoms with Crippen LogP contribution in [0.2, 0.25) is 0 Å². The van der Waals surface area contributed by atoms with E-state index in [0.717, 1.165) is 5.56 Å². The van der Waals surface area contributed by atoms with Gasteiger partial charge in [-0.15, -0.1) is 0 Å². The van der Waals surface area contributed by atoms with Crippen LogP contribution >= 0.6 is 0 Å². The molecule has 0 aliphatic carbocycles. The third kappa shape index (κ3) is 5.81. The Morgan fingerprint density at radius 1 is 1.16 bits per heavy atom. The van der Waals surface area contributed by atoms with Crippen LogP contribution in [0.4, 0.5) is 0 Å². The molecular formula is C19H25NO4S. The number of carbonyl (C=O) groups excluding carboxylic acids is 2. The Morgan fingerprint density at radius 2 is 1.84 bits per heavy atom. The summed E-state index contributed by atoms with van der Waals surface area (Å²) in [6.07, 6.45) is 4.67. The Bertz CT molecular complexity index is 751. The van der Waals surface area contributed by atoms with Crippen molar-refractivity contribution in [2.75, 3.05) is 11.5 Å². The summed E-state index contributed by atoms with van der Waals surface area (Å²) in [6, 6.07) is 9.64. The van der Waals surface area contributed by atoms with E-state index >= 15 is 0 Å². The molecule has 0 spiro atoms. The number of rotatable bonds is 8. The summed E-state index contributed by atoms with van der Waals surface area (Å²) in [5.74, 6) is -0.634. The number of hydrogen-bond donors (Lipinski definition) is 1. The lowest BCUT2D eigenvalue weighted by molar-refractivity contribution is -0.125. The van der Waals surface area contributed by atoms with E-state index in [2.05, 4.69) is 5.32 Å². The maximum atomic E-state index is 12.4. The van der Waals surface area contributed by atoms with E-state index in [9.17, 15) is 18.0 Å². The van der Waals surface area contributed by atoms with Crippen molar-refractivity contribution in [1.29, 1.82) is 0 Å². The van der Waals surface area contributed by atoms with E-state index in [-0.39, 0.29) is 35.7 Å². The van der Waals surface area contributed by atoms with Crippen molar-refractivity contribution >= 4 is 21.7 Å². The minimum absolute atomic E-state index is 0.0789. The van der Waals surface area contributed by atoms with E-state index < -0.39 is 15.3 Å². The van der Waals surface area contributed by atoms with Crippen molar-refractivity contribution in [1.82, 2.24) is 5.32 Å². The molecule has 6 heteroatoms. The van der Waals surface area contributed by atoms with Crippen LogP contribution in [0.25, 0.3) is 0 Å². The summed E-state index contributed by atoms with van der Waals surface area (Å²) in [4.78, 5) is 22.5. The molecule has 1 fully saturated rings. The maximum Gasteiger partial charge on any atom is 0.230 e. The molecule has 136 valence electrons. The lowest BCUT2D eigenvalue weighted by Crippen LogP contribution is -2.29. The molecule has 2 amide bonds. The van der Waals surface area contributed by atoms with Crippen LogP contribution in [0.1, 0.15) is 38.7 Å². The van der Waals surface area contributed by atoms with Gasteiger partial charge in [0.15, 0.2) is 9.84 Å². The molecule has 2 rings (SSSR count). The fourth-order valence-electron chi connectivity index (χ4n) is 3.02. The molecule has 1 aliphatic rings. The highest BCUT2D eigenvalue weighted by Crippen LogP contribution is 2.25. The van der Waals surface area contributed by atoms with Crippen molar-refractivity contribution < 1.29 is 18.0 Å². The highest BCUT2D eigenvalue weighted by atomic mass is 32.2. The van der Waals surface area contributed by atoms with Crippen LogP contribution in [0.5, 0.6) is 0 Å². The Labute approximate surface area is 149 Å². The summed E-state index contributed by atoms with van der Waals surface area (Å²) >= 11 is 0. The van der Waals surface area contributed by atoms with Gasteiger partial charge < -0.3 is 0 Å². The van der Waals surface area contributed by atoms with Crippen molar-refractivity contribution in [3.8, 4) is 0 Å². The van der Waals surface area contributed by atoms with E-state index in [0.29, 0.717) is 12.8 Å². The first-order valence-corrected chi connectivity index (χ1v) is 10.3. The molecular weight excluding hydrogens is 338 g/mol. The minimum atomic E-state index is -3.19. The Morgan fingerprint density at radius 3 is 2.44 bits per heavy atom. The summed E-state index contributed by atoms with van der Waals surface area (Å²) in [6.45, 7) is 3.87. The second kappa shape index (κ2) is 7.95. The first-order valence-electron chi connectivity index (χ1n) is 8.44. The average molecular weight is 363 g/mol. The highest BCUT2D eigenvalue weighted by Gasteiger charge is 2.29. The summed E-state index contributed by atoms with van der Waals surface area (Å²) in [7, 11) is -3.19. The molecule has 1 unspecified atom stereocenters. The molecule has 1 heterocycles. The van der Waals surface area contributed by atoms with Crippen LogP contribution in [0, 0.1) is 5.92 Å². The SMILES string of the molecule is CC(C)(CS(=O)(=O)CC/C=C\CC1CC(=O)NC1=O)c1ccccc1. The normalized spacial score (nSPS) is 18.7. The van der Waals surface area contributed by atoms with Crippen LogP contribution < -0.4 is 5.32 Å². The molecule has 1 aromatic rings. The fraction of sp³-hybridized carbons (Fsp3) is 0.474.